The van der Waals surface area contributed by atoms with Gasteiger partial charge in [-0.25, -0.2) is 0 Å². The van der Waals surface area contributed by atoms with Crippen LogP contribution in [0, 0.1) is 5.92 Å². The van der Waals surface area contributed by atoms with Crippen molar-refractivity contribution in [3.05, 3.63) is 0 Å². The van der Waals surface area contributed by atoms with E-state index in [1.165, 1.54) is 225 Å². The molecule has 0 spiro atoms. The third kappa shape index (κ3) is 49.8. The van der Waals surface area contributed by atoms with E-state index in [1.54, 1.807) is 0 Å². The number of carbonyl (C=O) groups excluding carboxylic acids is 3. The largest absolute Gasteiger partial charge is 0.462 e. The molecule has 0 aliphatic rings. The first-order chi connectivity index (χ1) is 31.4. The van der Waals surface area contributed by atoms with Crippen molar-refractivity contribution in [2.24, 2.45) is 5.92 Å². The molecule has 0 radical (unpaired) electrons. The molecule has 0 rings (SSSR count). The van der Waals surface area contributed by atoms with E-state index in [4.69, 9.17) is 14.2 Å². The van der Waals surface area contributed by atoms with Crippen LogP contribution in [0.3, 0.4) is 0 Å². The maximum atomic E-state index is 12.8. The Morgan fingerprint density at radius 3 is 0.812 bits per heavy atom. The van der Waals surface area contributed by atoms with Gasteiger partial charge in [0, 0.05) is 19.3 Å². The van der Waals surface area contributed by atoms with Crippen molar-refractivity contribution in [3.63, 3.8) is 0 Å². The smallest absolute Gasteiger partial charge is 0.306 e. The van der Waals surface area contributed by atoms with Gasteiger partial charge in [0.15, 0.2) is 6.10 Å². The van der Waals surface area contributed by atoms with Crippen LogP contribution in [0.2, 0.25) is 0 Å². The Kier molecular flexibility index (Phi) is 51.1. The lowest BCUT2D eigenvalue weighted by Gasteiger charge is -2.18. The lowest BCUT2D eigenvalue weighted by atomic mass is 9.99. The molecule has 0 aromatic rings. The molecule has 6 nitrogen and oxygen atoms in total. The number of rotatable bonds is 53. The fourth-order valence-corrected chi connectivity index (χ4v) is 8.89. The number of carbonyl (C=O) groups is 3. The molecular formula is C58H112O6. The normalized spacial score (nSPS) is 12.4. The third-order valence-corrected chi connectivity index (χ3v) is 13.7. The van der Waals surface area contributed by atoms with Crippen molar-refractivity contribution in [1.29, 1.82) is 0 Å². The summed E-state index contributed by atoms with van der Waals surface area (Å²) in [4.78, 5) is 38.1. The first-order valence-electron chi connectivity index (χ1n) is 28.9. The Morgan fingerprint density at radius 2 is 0.547 bits per heavy atom. The summed E-state index contributed by atoms with van der Waals surface area (Å²) in [6.07, 6.45) is 56.6. The summed E-state index contributed by atoms with van der Waals surface area (Å²) >= 11 is 0. The second-order valence-corrected chi connectivity index (χ2v) is 20.2. The van der Waals surface area contributed by atoms with Gasteiger partial charge in [-0.15, -0.1) is 0 Å². The zero-order valence-corrected chi connectivity index (χ0v) is 43.8. The molecule has 1 unspecified atom stereocenters. The molecule has 0 saturated heterocycles. The molecule has 0 aromatic carbocycles. The molecule has 0 heterocycles. The van der Waals surface area contributed by atoms with Crippen LogP contribution in [-0.2, 0) is 28.6 Å². The van der Waals surface area contributed by atoms with E-state index in [0.717, 1.165) is 63.7 Å². The van der Waals surface area contributed by atoms with Gasteiger partial charge in [-0.2, -0.15) is 0 Å². The van der Waals surface area contributed by atoms with Gasteiger partial charge in [-0.3, -0.25) is 14.4 Å². The van der Waals surface area contributed by atoms with E-state index in [9.17, 15) is 14.4 Å². The zero-order valence-electron chi connectivity index (χ0n) is 43.8. The van der Waals surface area contributed by atoms with Gasteiger partial charge < -0.3 is 14.2 Å². The molecule has 6 heteroatoms. The minimum absolute atomic E-state index is 0.0623. The fraction of sp³-hybridized carbons (Fsp3) is 0.948. The van der Waals surface area contributed by atoms with Crippen LogP contribution in [0.1, 0.15) is 329 Å². The molecule has 0 saturated carbocycles. The summed E-state index contributed by atoms with van der Waals surface area (Å²) in [5.41, 5.74) is 0. The predicted molar refractivity (Wildman–Crippen MR) is 275 cm³/mol. The standard InChI is InChI=1S/C58H112O6/c1-5-8-10-12-14-16-18-20-22-24-25-27-28-30-32-37-41-45-49-56(59)62-52-55(53-63-57(60)50-46-42-38-35-34-36-40-44-48-54(4)7-3)64-58(61)51-47-43-39-33-31-29-26-23-21-19-17-15-13-11-9-6-2/h54-55H,5-53H2,1-4H3/t54?,55-/m0/s1. The molecule has 0 fully saturated rings. The SMILES string of the molecule is CCCCCCCCCCCCCCCCCCCCC(=O)OC[C@@H](COC(=O)CCCCCCCCCCC(C)CC)OC(=O)CCCCCCCCCCCCCCCCCC. The van der Waals surface area contributed by atoms with Gasteiger partial charge in [0.05, 0.1) is 0 Å². The molecule has 0 aromatic heterocycles. The number of ether oxygens (including phenoxy) is 3. The Bertz CT molecular complexity index is 966. The molecule has 0 aliphatic carbocycles. The van der Waals surface area contributed by atoms with Gasteiger partial charge in [0.2, 0.25) is 0 Å². The first kappa shape index (κ1) is 62.4. The summed E-state index contributed by atoms with van der Waals surface area (Å²) < 4.78 is 16.9. The topological polar surface area (TPSA) is 78.9 Å². The molecule has 64 heavy (non-hydrogen) atoms. The molecule has 0 N–H and O–H groups in total. The van der Waals surface area contributed by atoms with Crippen molar-refractivity contribution in [1.82, 2.24) is 0 Å². The highest BCUT2D eigenvalue weighted by Crippen LogP contribution is 2.18. The van der Waals surface area contributed by atoms with E-state index in [2.05, 4.69) is 27.7 Å². The lowest BCUT2D eigenvalue weighted by molar-refractivity contribution is -0.167. The second kappa shape index (κ2) is 52.4. The van der Waals surface area contributed by atoms with Gasteiger partial charge in [-0.1, -0.05) is 291 Å². The Hall–Kier alpha value is -1.59. The van der Waals surface area contributed by atoms with Crippen LogP contribution in [0.4, 0.5) is 0 Å². The van der Waals surface area contributed by atoms with E-state index in [1.807, 2.05) is 0 Å². The summed E-state index contributed by atoms with van der Waals surface area (Å²) in [6, 6.07) is 0. The Labute approximate surface area is 399 Å². The van der Waals surface area contributed by atoms with E-state index in [0.29, 0.717) is 19.3 Å². The monoisotopic (exact) mass is 905 g/mol. The van der Waals surface area contributed by atoms with Gasteiger partial charge in [0.1, 0.15) is 13.2 Å². The van der Waals surface area contributed by atoms with Crippen molar-refractivity contribution in [2.45, 2.75) is 336 Å². The average Bonchev–Trinajstić information content (AvgIpc) is 3.29. The minimum Gasteiger partial charge on any atom is -0.462 e. The van der Waals surface area contributed by atoms with Crippen LogP contribution in [-0.4, -0.2) is 37.2 Å². The number of hydrogen-bond donors (Lipinski definition) is 0. The van der Waals surface area contributed by atoms with Crippen LogP contribution in [0.15, 0.2) is 0 Å². The quantitative estimate of drug-likeness (QED) is 0.0344. The molecule has 0 aliphatic heterocycles. The number of hydrogen-bond acceptors (Lipinski definition) is 6. The summed E-state index contributed by atoms with van der Waals surface area (Å²) in [5.74, 6) is 0.0101. The second-order valence-electron chi connectivity index (χ2n) is 20.2. The van der Waals surface area contributed by atoms with Crippen molar-refractivity contribution < 1.29 is 28.6 Å². The highest BCUT2D eigenvalue weighted by molar-refractivity contribution is 5.71. The van der Waals surface area contributed by atoms with Crippen LogP contribution >= 0.6 is 0 Å². The highest BCUT2D eigenvalue weighted by atomic mass is 16.6. The van der Waals surface area contributed by atoms with Crippen molar-refractivity contribution in [3.8, 4) is 0 Å². The third-order valence-electron chi connectivity index (χ3n) is 13.7. The average molecular weight is 906 g/mol. The highest BCUT2D eigenvalue weighted by Gasteiger charge is 2.19. The fourth-order valence-electron chi connectivity index (χ4n) is 8.89. The van der Waals surface area contributed by atoms with Crippen LogP contribution in [0.5, 0.6) is 0 Å². The summed E-state index contributed by atoms with van der Waals surface area (Å²) in [6.45, 7) is 9.06. The lowest BCUT2D eigenvalue weighted by Crippen LogP contribution is -2.30. The van der Waals surface area contributed by atoms with Crippen LogP contribution in [0.25, 0.3) is 0 Å². The molecule has 0 bridgehead atoms. The van der Waals surface area contributed by atoms with Crippen molar-refractivity contribution in [2.75, 3.05) is 13.2 Å². The molecule has 380 valence electrons. The molecular weight excluding hydrogens is 793 g/mol. The summed E-state index contributed by atoms with van der Waals surface area (Å²) in [7, 11) is 0. The predicted octanol–water partition coefficient (Wildman–Crippen LogP) is 19.0. The minimum atomic E-state index is -0.762. The Balaban J connectivity index is 4.28. The summed E-state index contributed by atoms with van der Waals surface area (Å²) in [5, 5.41) is 0. The Morgan fingerprint density at radius 1 is 0.312 bits per heavy atom. The van der Waals surface area contributed by atoms with Crippen molar-refractivity contribution >= 4 is 17.9 Å². The maximum absolute atomic E-state index is 12.8. The van der Waals surface area contributed by atoms with Crippen LogP contribution < -0.4 is 0 Å². The maximum Gasteiger partial charge on any atom is 0.306 e. The van der Waals surface area contributed by atoms with Gasteiger partial charge >= 0.3 is 17.9 Å². The van der Waals surface area contributed by atoms with E-state index < -0.39 is 6.10 Å². The molecule has 2 atom stereocenters. The van der Waals surface area contributed by atoms with Gasteiger partial charge in [-0.05, 0) is 25.2 Å². The van der Waals surface area contributed by atoms with E-state index in [-0.39, 0.29) is 31.1 Å². The van der Waals surface area contributed by atoms with Gasteiger partial charge in [0.25, 0.3) is 0 Å². The first-order valence-corrected chi connectivity index (χ1v) is 28.9. The molecule has 0 amide bonds. The zero-order chi connectivity index (χ0) is 46.7. The van der Waals surface area contributed by atoms with E-state index >= 15 is 0 Å². The number of esters is 3. The number of unbranched alkanes of at least 4 members (excludes halogenated alkanes) is 39.